The van der Waals surface area contributed by atoms with E-state index in [1.807, 2.05) is 0 Å². The van der Waals surface area contributed by atoms with Crippen LogP contribution in [0.25, 0.3) is 0 Å². The van der Waals surface area contributed by atoms with Gasteiger partial charge in [-0.2, -0.15) is 0 Å². The van der Waals surface area contributed by atoms with Gasteiger partial charge in [0, 0.05) is 0 Å². The molecule has 0 heterocycles. The van der Waals surface area contributed by atoms with E-state index in [-0.39, 0.29) is 42.3 Å². The van der Waals surface area contributed by atoms with Gasteiger partial charge in [0.2, 0.25) is 0 Å². The van der Waals surface area contributed by atoms with Crippen molar-refractivity contribution in [2.45, 2.75) is 0 Å². The van der Waals surface area contributed by atoms with Gasteiger partial charge in [0.25, 0.3) is 0 Å². The standard InChI is InChI=1S/C7H6O3.HNO2.Na.H/c8-6-3-1-5(2-4-6)7(9)10;2-1-3;;/h1-4,8H,(H,9,10);(H,2,3);;/q;;+1;-1. The topological polar surface area (TPSA) is 107 Å². The average Bonchev–Trinajstić information content (AvgIpc) is 2.06. The first-order valence-electron chi connectivity index (χ1n) is 3.11. The Morgan fingerprint density at radius 3 is 1.93 bits per heavy atom. The molecule has 0 aliphatic rings. The Hall–Kier alpha value is -1.11. The van der Waals surface area contributed by atoms with E-state index < -0.39 is 5.97 Å². The zero-order valence-electron chi connectivity index (χ0n) is 8.41. The molecule has 7 heteroatoms. The van der Waals surface area contributed by atoms with Crippen LogP contribution in [0.15, 0.2) is 29.6 Å². The smallest absolute Gasteiger partial charge is 1.00 e. The Bertz CT molecular complexity index is 292. The van der Waals surface area contributed by atoms with Gasteiger partial charge in [-0.3, -0.25) is 0 Å². The molecule has 0 radical (unpaired) electrons. The molecule has 0 saturated carbocycles. The summed E-state index contributed by atoms with van der Waals surface area (Å²) >= 11 is 0. The van der Waals surface area contributed by atoms with Gasteiger partial charge in [0.15, 0.2) is 5.34 Å². The molecule has 72 valence electrons. The monoisotopic (exact) mass is 209 g/mol. The van der Waals surface area contributed by atoms with Crippen LogP contribution in [-0.2, 0) is 0 Å². The Morgan fingerprint density at radius 1 is 1.29 bits per heavy atom. The summed E-state index contributed by atoms with van der Waals surface area (Å²) in [5, 5.41) is 25.0. The fourth-order valence-electron chi connectivity index (χ4n) is 0.604. The Labute approximate surface area is 103 Å². The fraction of sp³-hybridized carbons (Fsp3) is 0. The number of aromatic hydroxyl groups is 1. The molecule has 0 amide bonds. The van der Waals surface area contributed by atoms with Crippen LogP contribution < -0.4 is 29.6 Å². The van der Waals surface area contributed by atoms with Crippen molar-refractivity contribution in [3.63, 3.8) is 0 Å². The largest absolute Gasteiger partial charge is 1.00 e. The second-order valence-electron chi connectivity index (χ2n) is 1.93. The third-order valence-electron chi connectivity index (χ3n) is 1.11. The molecule has 0 aromatic heterocycles. The number of carboxylic acid groups (broad SMARTS) is 1. The molecule has 0 spiro atoms. The molecule has 0 aliphatic heterocycles. The van der Waals surface area contributed by atoms with Gasteiger partial charge in [0.1, 0.15) is 5.75 Å². The number of rotatable bonds is 1. The van der Waals surface area contributed by atoms with E-state index in [1.165, 1.54) is 29.6 Å². The van der Waals surface area contributed by atoms with Gasteiger partial charge in [-0.15, -0.1) is 4.91 Å². The van der Waals surface area contributed by atoms with Crippen molar-refractivity contribution in [2.75, 3.05) is 0 Å². The number of aromatic carboxylic acids is 1. The molecule has 14 heavy (non-hydrogen) atoms. The summed E-state index contributed by atoms with van der Waals surface area (Å²) < 4.78 is 0. The molecule has 0 unspecified atom stereocenters. The Balaban J connectivity index is -0.000000260. The normalized spacial score (nSPS) is 7.43. The van der Waals surface area contributed by atoms with Crippen molar-refractivity contribution in [3.8, 4) is 5.75 Å². The first kappa shape index (κ1) is 15.4. The first-order chi connectivity index (χ1) is 6.11. The minimum absolute atomic E-state index is 0. The van der Waals surface area contributed by atoms with E-state index in [4.69, 9.17) is 20.3 Å². The number of carbonyl (C=O) groups is 1. The molecule has 0 fully saturated rings. The third kappa shape index (κ3) is 6.41. The minimum atomic E-state index is -0.986. The van der Waals surface area contributed by atoms with E-state index in [9.17, 15) is 4.79 Å². The van der Waals surface area contributed by atoms with Crippen LogP contribution in [0.1, 0.15) is 11.8 Å². The quantitative estimate of drug-likeness (QED) is 0.292. The summed E-state index contributed by atoms with van der Waals surface area (Å²) in [5.41, 5.74) is 0.179. The maximum Gasteiger partial charge on any atom is 1.00 e. The molecular weight excluding hydrogens is 201 g/mol. The van der Waals surface area contributed by atoms with E-state index in [0.29, 0.717) is 0 Å². The first-order valence-corrected chi connectivity index (χ1v) is 3.11. The second-order valence-corrected chi connectivity index (χ2v) is 1.93. The van der Waals surface area contributed by atoms with Gasteiger partial charge < -0.3 is 16.8 Å². The van der Waals surface area contributed by atoms with E-state index in [1.54, 1.807) is 0 Å². The van der Waals surface area contributed by atoms with E-state index in [0.717, 1.165) is 0 Å². The second kappa shape index (κ2) is 8.49. The van der Waals surface area contributed by atoms with Crippen LogP contribution in [0.3, 0.4) is 0 Å². The molecule has 3 N–H and O–H groups in total. The number of hydrogen-bond donors (Lipinski definition) is 3. The Morgan fingerprint density at radius 2 is 1.64 bits per heavy atom. The summed E-state index contributed by atoms with van der Waals surface area (Å²) in [7, 11) is 0. The predicted molar refractivity (Wildman–Crippen MR) is 43.8 cm³/mol. The predicted octanol–water partition coefficient (Wildman–Crippen LogP) is -1.65. The summed E-state index contributed by atoms with van der Waals surface area (Å²) in [5.74, 6) is -0.912. The van der Waals surface area contributed by atoms with Gasteiger partial charge >= 0.3 is 35.5 Å². The van der Waals surface area contributed by atoms with Crippen LogP contribution in [-0.4, -0.2) is 21.4 Å². The molecule has 1 aromatic rings. The van der Waals surface area contributed by atoms with E-state index in [2.05, 4.69) is 0 Å². The SMILES string of the molecule is O=C(O)c1ccc(O)cc1.O=NO.[H-].[Na+]. The van der Waals surface area contributed by atoms with Crippen molar-refractivity contribution in [1.29, 1.82) is 0 Å². The van der Waals surface area contributed by atoms with Crippen LogP contribution in [0, 0.1) is 4.91 Å². The van der Waals surface area contributed by atoms with Crippen molar-refractivity contribution < 1.29 is 51.2 Å². The number of nitrogens with zero attached hydrogens (tertiary/aromatic N) is 1. The maximum absolute atomic E-state index is 10.2. The van der Waals surface area contributed by atoms with Crippen LogP contribution in [0.2, 0.25) is 0 Å². The fourth-order valence-corrected chi connectivity index (χ4v) is 0.604. The Kier molecular flexibility index (Phi) is 9.31. The zero-order valence-corrected chi connectivity index (χ0v) is 9.41. The molecule has 0 atom stereocenters. The van der Waals surface area contributed by atoms with Crippen molar-refractivity contribution >= 4 is 5.97 Å². The number of phenols is 1. The summed E-state index contributed by atoms with van der Waals surface area (Å²) in [4.78, 5) is 18.3. The number of hydrogen-bond acceptors (Lipinski definition) is 4. The molecule has 0 aliphatic carbocycles. The summed E-state index contributed by atoms with van der Waals surface area (Å²) in [6.45, 7) is 0. The minimum Gasteiger partial charge on any atom is -1.00 e. The van der Waals surface area contributed by atoms with Crippen molar-refractivity contribution in [3.05, 3.63) is 34.7 Å². The zero-order chi connectivity index (χ0) is 10.3. The van der Waals surface area contributed by atoms with Gasteiger partial charge in [-0.25, -0.2) is 4.79 Å². The molecule has 1 aromatic carbocycles. The van der Waals surface area contributed by atoms with Crippen LogP contribution in [0.4, 0.5) is 0 Å². The van der Waals surface area contributed by atoms with Gasteiger partial charge in [-0.05, 0) is 24.3 Å². The molecule has 1 rings (SSSR count). The molecule has 0 saturated heterocycles. The maximum atomic E-state index is 10.2. The van der Waals surface area contributed by atoms with Gasteiger partial charge in [0.05, 0.1) is 5.56 Å². The van der Waals surface area contributed by atoms with Crippen LogP contribution in [0.5, 0.6) is 5.75 Å². The molecule has 6 nitrogen and oxygen atoms in total. The van der Waals surface area contributed by atoms with Gasteiger partial charge in [-0.1, -0.05) is 0 Å². The third-order valence-corrected chi connectivity index (χ3v) is 1.11. The number of carboxylic acids is 1. The summed E-state index contributed by atoms with van der Waals surface area (Å²) in [6.07, 6.45) is 0. The van der Waals surface area contributed by atoms with Crippen molar-refractivity contribution in [1.82, 2.24) is 0 Å². The average molecular weight is 209 g/mol. The molecular formula is C7H8NNaO5. The molecule has 0 bridgehead atoms. The van der Waals surface area contributed by atoms with Crippen LogP contribution >= 0.6 is 0 Å². The van der Waals surface area contributed by atoms with Crippen molar-refractivity contribution in [2.24, 2.45) is 5.34 Å². The summed E-state index contributed by atoms with van der Waals surface area (Å²) in [6, 6.07) is 5.36. The number of phenolic OH excluding ortho intramolecular Hbond substituents is 1. The van der Waals surface area contributed by atoms with E-state index >= 15 is 0 Å². The number of benzene rings is 1.